The fraction of sp³-hybridized carbons (Fsp3) is 0.846. The van der Waals surface area contributed by atoms with Gasteiger partial charge < -0.3 is 15.3 Å². The van der Waals surface area contributed by atoms with Crippen molar-refractivity contribution in [2.75, 3.05) is 25.4 Å². The van der Waals surface area contributed by atoms with Gasteiger partial charge in [-0.15, -0.1) is 0 Å². The van der Waals surface area contributed by atoms with Crippen molar-refractivity contribution in [3.8, 4) is 0 Å². The van der Waals surface area contributed by atoms with Crippen LogP contribution in [-0.4, -0.2) is 52.1 Å². The molecule has 0 atom stereocenters. The first-order valence-corrected chi connectivity index (χ1v) is 7.98. The highest BCUT2D eigenvalue weighted by molar-refractivity contribution is 8.13. The molecule has 0 aromatic rings. The van der Waals surface area contributed by atoms with Crippen LogP contribution in [0.5, 0.6) is 0 Å². The summed E-state index contributed by atoms with van der Waals surface area (Å²) in [5.41, 5.74) is -0.715. The molecule has 2 aliphatic rings. The van der Waals surface area contributed by atoms with Gasteiger partial charge in [-0.25, -0.2) is 0 Å². The molecule has 2 rings (SSSR count). The number of thioether (sulfide) groups is 1. The van der Waals surface area contributed by atoms with Crippen molar-refractivity contribution in [3.63, 3.8) is 0 Å². The van der Waals surface area contributed by atoms with Crippen LogP contribution in [0.4, 0.5) is 4.79 Å². The third-order valence-corrected chi connectivity index (χ3v) is 4.74. The highest BCUT2D eigenvalue weighted by atomic mass is 32.2. The van der Waals surface area contributed by atoms with Crippen LogP contribution in [0.1, 0.15) is 38.5 Å². The topological polar surface area (TPSA) is 69.6 Å². The SMILES string of the molecule is O=C(CCN1CCSC1=O)NCC1(O)CCCCC1. The molecule has 0 aromatic carbocycles. The lowest BCUT2D eigenvalue weighted by Crippen LogP contribution is -2.44. The molecule has 1 aliphatic carbocycles. The number of amides is 2. The molecule has 2 amide bonds. The van der Waals surface area contributed by atoms with Crippen molar-refractivity contribution in [2.24, 2.45) is 0 Å². The summed E-state index contributed by atoms with van der Waals surface area (Å²) in [6.07, 6.45) is 5.11. The van der Waals surface area contributed by atoms with E-state index in [4.69, 9.17) is 0 Å². The van der Waals surface area contributed by atoms with E-state index in [1.807, 2.05) is 0 Å². The number of hydrogen-bond acceptors (Lipinski definition) is 4. The summed E-state index contributed by atoms with van der Waals surface area (Å²) in [5, 5.41) is 13.1. The van der Waals surface area contributed by atoms with Gasteiger partial charge in [0.2, 0.25) is 5.91 Å². The molecule has 1 aliphatic heterocycles. The minimum Gasteiger partial charge on any atom is -0.388 e. The predicted octanol–water partition coefficient (Wildman–Crippen LogP) is 1.36. The summed E-state index contributed by atoms with van der Waals surface area (Å²) >= 11 is 1.31. The molecule has 0 aromatic heterocycles. The summed E-state index contributed by atoms with van der Waals surface area (Å²) in [7, 11) is 0. The minimum absolute atomic E-state index is 0.0682. The van der Waals surface area contributed by atoms with E-state index in [2.05, 4.69) is 5.32 Å². The molecular weight excluding hydrogens is 264 g/mol. The van der Waals surface area contributed by atoms with Gasteiger partial charge in [-0.05, 0) is 12.8 Å². The van der Waals surface area contributed by atoms with Crippen molar-refractivity contribution >= 4 is 22.9 Å². The van der Waals surface area contributed by atoms with Crippen LogP contribution in [0.3, 0.4) is 0 Å². The number of nitrogens with zero attached hydrogens (tertiary/aromatic N) is 1. The molecule has 1 saturated carbocycles. The highest BCUT2D eigenvalue weighted by Gasteiger charge is 2.29. The summed E-state index contributed by atoms with van der Waals surface area (Å²) in [6, 6.07) is 0. The first-order chi connectivity index (χ1) is 9.09. The normalized spacial score (nSPS) is 22.6. The molecular formula is C13H22N2O3S. The van der Waals surface area contributed by atoms with Gasteiger partial charge in [0.05, 0.1) is 5.60 Å². The predicted molar refractivity (Wildman–Crippen MR) is 75.1 cm³/mol. The van der Waals surface area contributed by atoms with E-state index < -0.39 is 5.60 Å². The van der Waals surface area contributed by atoms with Crippen LogP contribution in [0, 0.1) is 0 Å². The summed E-state index contributed by atoms with van der Waals surface area (Å²) in [5.74, 6) is 0.740. The number of rotatable bonds is 5. The van der Waals surface area contributed by atoms with Crippen molar-refractivity contribution in [3.05, 3.63) is 0 Å². The Balaban J connectivity index is 1.65. The smallest absolute Gasteiger partial charge is 0.281 e. The van der Waals surface area contributed by atoms with E-state index in [1.54, 1.807) is 4.90 Å². The van der Waals surface area contributed by atoms with E-state index in [0.717, 1.165) is 38.0 Å². The summed E-state index contributed by atoms with van der Waals surface area (Å²) < 4.78 is 0. The zero-order chi connectivity index (χ0) is 13.7. The first kappa shape index (κ1) is 14.7. The maximum Gasteiger partial charge on any atom is 0.281 e. The number of aliphatic hydroxyl groups is 1. The van der Waals surface area contributed by atoms with Gasteiger partial charge in [0.25, 0.3) is 5.24 Å². The van der Waals surface area contributed by atoms with E-state index in [0.29, 0.717) is 19.5 Å². The Bertz CT molecular complexity index is 343. The van der Waals surface area contributed by atoms with Crippen LogP contribution < -0.4 is 5.32 Å². The van der Waals surface area contributed by atoms with Gasteiger partial charge in [0.15, 0.2) is 0 Å². The van der Waals surface area contributed by atoms with Crippen molar-refractivity contribution in [1.82, 2.24) is 10.2 Å². The number of hydrogen-bond donors (Lipinski definition) is 2. The largest absolute Gasteiger partial charge is 0.388 e. The standard InChI is InChI=1S/C13H22N2O3S/c16-11(4-7-15-8-9-19-12(15)17)14-10-13(18)5-2-1-3-6-13/h18H,1-10H2,(H,14,16). The number of carbonyl (C=O) groups excluding carboxylic acids is 2. The van der Waals surface area contributed by atoms with Crippen LogP contribution >= 0.6 is 11.8 Å². The zero-order valence-corrected chi connectivity index (χ0v) is 12.0. The quantitative estimate of drug-likeness (QED) is 0.800. The van der Waals surface area contributed by atoms with Gasteiger partial charge in [0.1, 0.15) is 0 Å². The Morgan fingerprint density at radius 3 is 2.74 bits per heavy atom. The molecule has 0 unspecified atom stereocenters. The Kier molecular flexibility index (Phi) is 5.10. The van der Waals surface area contributed by atoms with E-state index in [1.165, 1.54) is 18.2 Å². The second-order valence-corrected chi connectivity index (χ2v) is 6.46. The fourth-order valence-corrected chi connectivity index (χ4v) is 3.45. The molecule has 0 radical (unpaired) electrons. The second kappa shape index (κ2) is 6.61. The summed E-state index contributed by atoms with van der Waals surface area (Å²) in [4.78, 5) is 24.8. The number of nitrogens with one attached hydrogen (secondary N) is 1. The third-order valence-electron chi connectivity index (χ3n) is 3.85. The molecule has 1 saturated heterocycles. The Morgan fingerprint density at radius 1 is 1.37 bits per heavy atom. The van der Waals surface area contributed by atoms with Gasteiger partial charge in [-0.3, -0.25) is 9.59 Å². The summed E-state index contributed by atoms with van der Waals surface area (Å²) in [6.45, 7) is 1.56. The molecule has 0 bridgehead atoms. The van der Waals surface area contributed by atoms with Gasteiger partial charge >= 0.3 is 0 Å². The fourth-order valence-electron chi connectivity index (χ4n) is 2.60. The van der Waals surface area contributed by atoms with Crippen LogP contribution in [0.15, 0.2) is 0 Å². The molecule has 2 N–H and O–H groups in total. The number of carbonyl (C=O) groups is 2. The average molecular weight is 286 g/mol. The van der Waals surface area contributed by atoms with Crippen LogP contribution in [-0.2, 0) is 4.79 Å². The van der Waals surface area contributed by atoms with Gasteiger partial charge in [-0.1, -0.05) is 31.0 Å². The molecule has 108 valence electrons. The molecule has 6 heteroatoms. The van der Waals surface area contributed by atoms with Gasteiger partial charge in [0, 0.05) is 31.8 Å². The maximum absolute atomic E-state index is 11.7. The monoisotopic (exact) mass is 286 g/mol. The lowest BCUT2D eigenvalue weighted by atomic mass is 9.85. The average Bonchev–Trinajstić information content (AvgIpc) is 2.81. The van der Waals surface area contributed by atoms with E-state index in [9.17, 15) is 14.7 Å². The molecule has 19 heavy (non-hydrogen) atoms. The van der Waals surface area contributed by atoms with Crippen molar-refractivity contribution in [1.29, 1.82) is 0 Å². The molecule has 1 heterocycles. The first-order valence-electron chi connectivity index (χ1n) is 7.00. The maximum atomic E-state index is 11.7. The van der Waals surface area contributed by atoms with E-state index in [-0.39, 0.29) is 11.1 Å². The minimum atomic E-state index is -0.715. The Labute approximate surface area is 118 Å². The van der Waals surface area contributed by atoms with Crippen molar-refractivity contribution < 1.29 is 14.7 Å². The Hall–Kier alpha value is -0.750. The lowest BCUT2D eigenvalue weighted by Gasteiger charge is -2.32. The third kappa shape index (κ3) is 4.38. The zero-order valence-electron chi connectivity index (χ0n) is 11.2. The molecule has 2 fully saturated rings. The Morgan fingerprint density at radius 2 is 2.11 bits per heavy atom. The van der Waals surface area contributed by atoms with E-state index >= 15 is 0 Å². The second-order valence-electron chi connectivity index (χ2n) is 5.41. The van der Waals surface area contributed by atoms with Crippen LogP contribution in [0.2, 0.25) is 0 Å². The molecule has 5 nitrogen and oxygen atoms in total. The van der Waals surface area contributed by atoms with Gasteiger partial charge in [-0.2, -0.15) is 0 Å². The van der Waals surface area contributed by atoms with Crippen molar-refractivity contribution in [2.45, 2.75) is 44.1 Å². The van der Waals surface area contributed by atoms with Crippen LogP contribution in [0.25, 0.3) is 0 Å². The lowest BCUT2D eigenvalue weighted by molar-refractivity contribution is -0.122. The highest BCUT2D eigenvalue weighted by Crippen LogP contribution is 2.27. The molecule has 0 spiro atoms.